The summed E-state index contributed by atoms with van der Waals surface area (Å²) in [7, 11) is 1.56. The van der Waals surface area contributed by atoms with E-state index in [0.717, 1.165) is 17.7 Å². The van der Waals surface area contributed by atoms with E-state index >= 15 is 0 Å². The lowest BCUT2D eigenvalue weighted by molar-refractivity contribution is -0.139. The van der Waals surface area contributed by atoms with Crippen molar-refractivity contribution in [3.8, 4) is 17.2 Å². The van der Waals surface area contributed by atoms with Gasteiger partial charge in [-0.1, -0.05) is 36.5 Å². The normalized spacial score (nSPS) is 15.9. The highest BCUT2D eigenvalue weighted by Crippen LogP contribution is 2.36. The first-order valence-corrected chi connectivity index (χ1v) is 14.3. The summed E-state index contributed by atoms with van der Waals surface area (Å²) in [5.41, 5.74) is 2.11. The van der Waals surface area contributed by atoms with Gasteiger partial charge in [0.15, 0.2) is 16.3 Å². The molecule has 1 aromatic heterocycles. The monoisotopic (exact) mass is 564 g/mol. The van der Waals surface area contributed by atoms with E-state index in [1.807, 2.05) is 57.2 Å². The molecule has 212 valence electrons. The van der Waals surface area contributed by atoms with Crippen LogP contribution in [-0.2, 0) is 9.53 Å². The van der Waals surface area contributed by atoms with Gasteiger partial charge in [0.2, 0.25) is 0 Å². The lowest BCUT2D eigenvalue weighted by atomic mass is 9.95. The van der Waals surface area contributed by atoms with Gasteiger partial charge in [-0.05, 0) is 82.5 Å². The van der Waals surface area contributed by atoms with Crippen LogP contribution in [0.5, 0.6) is 17.2 Å². The molecule has 9 heteroatoms. The number of hydrogen-bond acceptors (Lipinski definition) is 8. The van der Waals surface area contributed by atoms with Gasteiger partial charge in [-0.15, -0.1) is 0 Å². The van der Waals surface area contributed by atoms with E-state index in [1.54, 1.807) is 37.7 Å². The maximum atomic E-state index is 13.9. The van der Waals surface area contributed by atoms with Crippen molar-refractivity contribution in [3.05, 3.63) is 84.5 Å². The molecule has 0 bridgehead atoms. The second-order valence-electron chi connectivity index (χ2n) is 9.78. The van der Waals surface area contributed by atoms with E-state index in [-0.39, 0.29) is 24.4 Å². The third kappa shape index (κ3) is 6.14. The second kappa shape index (κ2) is 12.6. The van der Waals surface area contributed by atoms with Gasteiger partial charge < -0.3 is 18.9 Å². The number of fused-ring (bicyclic) bond motifs is 1. The van der Waals surface area contributed by atoms with E-state index in [1.165, 1.54) is 11.3 Å². The zero-order valence-corrected chi connectivity index (χ0v) is 24.8. The molecule has 0 spiro atoms. The molecule has 0 fully saturated rings. The van der Waals surface area contributed by atoms with Crippen LogP contribution in [0.2, 0.25) is 0 Å². The molecule has 0 N–H and O–H groups in total. The number of ether oxygens (including phenoxy) is 4. The fourth-order valence-electron chi connectivity index (χ4n) is 4.42. The predicted molar refractivity (Wildman–Crippen MR) is 156 cm³/mol. The summed E-state index contributed by atoms with van der Waals surface area (Å²) in [6.07, 6.45) is 2.81. The zero-order chi connectivity index (χ0) is 29.0. The SMILES string of the molecule is CCOC(=O)C1=C(C)N=c2s/c(=C\c3ccc(O[C@@H](C)CC)cc3)c(=O)n2[C@H]1c1ccc(OC(C)C)c(OC)c1. The summed E-state index contributed by atoms with van der Waals surface area (Å²) >= 11 is 1.28. The maximum Gasteiger partial charge on any atom is 0.338 e. The highest BCUT2D eigenvalue weighted by atomic mass is 32.1. The summed E-state index contributed by atoms with van der Waals surface area (Å²) in [5.74, 6) is 1.35. The first kappa shape index (κ1) is 29.1. The predicted octanol–water partition coefficient (Wildman–Crippen LogP) is 4.77. The Kier molecular flexibility index (Phi) is 9.14. The van der Waals surface area contributed by atoms with Crippen molar-refractivity contribution in [2.45, 2.75) is 66.2 Å². The van der Waals surface area contributed by atoms with Crippen LogP contribution >= 0.6 is 11.3 Å². The molecule has 0 saturated carbocycles. The molecule has 4 rings (SSSR count). The van der Waals surface area contributed by atoms with Crippen molar-refractivity contribution in [2.24, 2.45) is 4.99 Å². The van der Waals surface area contributed by atoms with E-state index in [4.69, 9.17) is 18.9 Å². The van der Waals surface area contributed by atoms with Crippen LogP contribution in [0.1, 0.15) is 65.1 Å². The fourth-order valence-corrected chi connectivity index (χ4v) is 5.47. The van der Waals surface area contributed by atoms with Crippen LogP contribution in [-0.4, -0.2) is 36.5 Å². The number of esters is 1. The van der Waals surface area contributed by atoms with Crippen LogP contribution in [0.25, 0.3) is 6.08 Å². The topological polar surface area (TPSA) is 88.4 Å². The Morgan fingerprint density at radius 3 is 2.42 bits per heavy atom. The molecule has 1 aliphatic rings. The molecule has 2 aromatic carbocycles. The Morgan fingerprint density at radius 1 is 1.07 bits per heavy atom. The van der Waals surface area contributed by atoms with E-state index < -0.39 is 12.0 Å². The molecule has 8 nitrogen and oxygen atoms in total. The van der Waals surface area contributed by atoms with Crippen LogP contribution in [0.15, 0.2) is 63.5 Å². The molecule has 0 saturated heterocycles. The minimum absolute atomic E-state index is 0.0506. The largest absolute Gasteiger partial charge is 0.493 e. The molecular formula is C31H36N2O6S. The number of aromatic nitrogens is 1. The first-order valence-electron chi connectivity index (χ1n) is 13.5. The molecule has 0 aliphatic carbocycles. The molecule has 0 unspecified atom stereocenters. The average Bonchev–Trinajstić information content (AvgIpc) is 3.22. The molecular weight excluding hydrogens is 528 g/mol. The first-order chi connectivity index (χ1) is 19.2. The van der Waals surface area contributed by atoms with Crippen LogP contribution < -0.4 is 29.1 Å². The number of nitrogens with zero attached hydrogens (tertiary/aromatic N) is 2. The number of carbonyl (C=O) groups is 1. The van der Waals surface area contributed by atoms with Gasteiger partial charge in [0.05, 0.1) is 47.8 Å². The Labute approximate surface area is 238 Å². The van der Waals surface area contributed by atoms with Crippen molar-refractivity contribution >= 4 is 23.4 Å². The van der Waals surface area contributed by atoms with Gasteiger partial charge in [-0.25, -0.2) is 9.79 Å². The van der Waals surface area contributed by atoms with Gasteiger partial charge in [0.1, 0.15) is 5.75 Å². The highest BCUT2D eigenvalue weighted by Gasteiger charge is 2.34. The molecule has 2 atom stereocenters. The quantitative estimate of drug-likeness (QED) is 0.330. The molecule has 1 aliphatic heterocycles. The number of thiazole rings is 1. The lowest BCUT2D eigenvalue weighted by Crippen LogP contribution is -2.40. The van der Waals surface area contributed by atoms with Gasteiger partial charge in [0.25, 0.3) is 5.56 Å². The number of rotatable bonds is 10. The van der Waals surface area contributed by atoms with Gasteiger partial charge >= 0.3 is 5.97 Å². The minimum Gasteiger partial charge on any atom is -0.493 e. The smallest absolute Gasteiger partial charge is 0.338 e. The standard InChI is InChI=1S/C31H36N2O6S/c1-8-19(5)39-23-13-10-21(11-14-23)16-26-29(34)33-28(22-12-15-24(38-18(3)4)25(17-22)36-7)27(30(35)37-9-2)20(6)32-31(33)40-26/h10-19,28H,8-9H2,1-7H3/b26-16-/t19-,28-/m0/s1. The number of benzene rings is 2. The summed E-state index contributed by atoms with van der Waals surface area (Å²) in [6, 6.07) is 12.3. The Hall–Kier alpha value is -3.85. The maximum absolute atomic E-state index is 13.9. The third-order valence-electron chi connectivity index (χ3n) is 6.47. The van der Waals surface area contributed by atoms with E-state index in [2.05, 4.69) is 11.9 Å². The Bertz CT molecular complexity index is 1580. The number of allylic oxidation sites excluding steroid dienone is 1. The van der Waals surface area contributed by atoms with Gasteiger partial charge in [-0.3, -0.25) is 9.36 Å². The Morgan fingerprint density at radius 2 is 1.80 bits per heavy atom. The fraction of sp³-hybridized carbons (Fsp3) is 0.387. The number of hydrogen-bond donors (Lipinski definition) is 0. The van der Waals surface area contributed by atoms with Gasteiger partial charge in [-0.2, -0.15) is 0 Å². The van der Waals surface area contributed by atoms with Crippen molar-refractivity contribution < 1.29 is 23.7 Å². The molecule has 0 radical (unpaired) electrons. The van der Waals surface area contributed by atoms with Crippen LogP contribution in [0.3, 0.4) is 0 Å². The van der Waals surface area contributed by atoms with E-state index in [0.29, 0.717) is 37.7 Å². The van der Waals surface area contributed by atoms with Crippen molar-refractivity contribution in [1.29, 1.82) is 0 Å². The van der Waals surface area contributed by atoms with Crippen molar-refractivity contribution in [2.75, 3.05) is 13.7 Å². The van der Waals surface area contributed by atoms with Crippen molar-refractivity contribution in [1.82, 2.24) is 4.57 Å². The zero-order valence-electron chi connectivity index (χ0n) is 24.0. The average molecular weight is 565 g/mol. The number of carbonyl (C=O) groups excluding carboxylic acids is 1. The number of methoxy groups -OCH3 is 1. The van der Waals surface area contributed by atoms with Crippen molar-refractivity contribution in [3.63, 3.8) is 0 Å². The summed E-state index contributed by atoms with van der Waals surface area (Å²) in [5, 5.41) is 0. The molecule has 40 heavy (non-hydrogen) atoms. The molecule has 0 amide bonds. The van der Waals surface area contributed by atoms with E-state index in [9.17, 15) is 9.59 Å². The minimum atomic E-state index is -0.745. The van der Waals surface area contributed by atoms with Crippen LogP contribution in [0.4, 0.5) is 0 Å². The molecule has 2 heterocycles. The summed E-state index contributed by atoms with van der Waals surface area (Å²) in [4.78, 5) is 32.2. The third-order valence-corrected chi connectivity index (χ3v) is 7.46. The summed E-state index contributed by atoms with van der Waals surface area (Å²) < 4.78 is 24.8. The Balaban J connectivity index is 1.85. The van der Waals surface area contributed by atoms with Gasteiger partial charge in [0, 0.05) is 0 Å². The lowest BCUT2D eigenvalue weighted by Gasteiger charge is -2.25. The highest BCUT2D eigenvalue weighted by molar-refractivity contribution is 7.07. The molecule has 3 aromatic rings. The van der Waals surface area contributed by atoms with Crippen LogP contribution in [0, 0.1) is 0 Å². The second-order valence-corrected chi connectivity index (χ2v) is 10.8. The summed E-state index contributed by atoms with van der Waals surface area (Å²) in [6.45, 7) is 11.7.